The quantitative estimate of drug-likeness (QED) is 0.355. The van der Waals surface area contributed by atoms with Crippen molar-refractivity contribution < 1.29 is 0 Å². The fourth-order valence-electron chi connectivity index (χ4n) is 0. The standard InChI is InChI=1S/H14Si6/c1-5(2)6(3)4/h5-6H,1-4H3. The summed E-state index contributed by atoms with van der Waals surface area (Å²) in [4.78, 5) is 0. The minimum atomic E-state index is 0.296. The lowest BCUT2D eigenvalue weighted by Crippen LogP contribution is -2.38. The van der Waals surface area contributed by atoms with Gasteiger partial charge in [-0.1, -0.05) is 0 Å². The van der Waals surface area contributed by atoms with E-state index in [1.807, 2.05) is 0 Å². The smallest absolute Gasteiger partial charge is 0.00758 e. The number of hydrogen-bond acceptors (Lipinski definition) is 0. The van der Waals surface area contributed by atoms with Crippen molar-refractivity contribution >= 4 is 53.7 Å². The van der Waals surface area contributed by atoms with E-state index in [0.29, 0.717) is 14.7 Å². The molecule has 0 N–H and O–H groups in total. The molecule has 0 radical (unpaired) electrons. The zero-order chi connectivity index (χ0) is 5.15. The Hall–Kier alpha value is 1.30. The molecule has 38 valence electrons. The second-order valence-electron chi connectivity index (χ2n) is 2.49. The molecular formula is H14Si6. The van der Waals surface area contributed by atoms with Crippen molar-refractivity contribution in [2.75, 3.05) is 0 Å². The van der Waals surface area contributed by atoms with Gasteiger partial charge in [-0.2, -0.15) is 0 Å². The minimum absolute atomic E-state index is 0.296. The maximum atomic E-state index is 1.69. The van der Waals surface area contributed by atoms with Gasteiger partial charge in [-0.05, 0) is 53.7 Å². The zero-order valence-corrected chi connectivity index (χ0v) is 15.5. The molecule has 0 aliphatic heterocycles. The molecule has 0 aliphatic carbocycles. The van der Waals surface area contributed by atoms with Crippen LogP contribution in [0.3, 0.4) is 0 Å². The van der Waals surface area contributed by atoms with Crippen LogP contribution in [0, 0.1) is 0 Å². The van der Waals surface area contributed by atoms with Gasteiger partial charge in [0.1, 0.15) is 0 Å². The summed E-state index contributed by atoms with van der Waals surface area (Å²) in [6.45, 7) is 0. The van der Waals surface area contributed by atoms with Crippen LogP contribution in [0.4, 0.5) is 0 Å². The summed E-state index contributed by atoms with van der Waals surface area (Å²) < 4.78 is 0. The Morgan fingerprint density at radius 1 is 0.667 bits per heavy atom. The predicted octanol–water partition coefficient (Wildman–Crippen LogP) is -6.03. The lowest BCUT2D eigenvalue weighted by atomic mass is 26.1. The topological polar surface area (TPSA) is 0 Å². The Balaban J connectivity index is 2.99. The first-order valence-electron chi connectivity index (χ1n) is 2.64. The highest BCUT2D eigenvalue weighted by Gasteiger charge is 1.99. The van der Waals surface area contributed by atoms with Crippen LogP contribution < -0.4 is 0 Å². The molecule has 0 saturated carbocycles. The molecular weight excluding hydrogens is 169 g/mol. The summed E-state index contributed by atoms with van der Waals surface area (Å²) in [6.07, 6.45) is 0. The van der Waals surface area contributed by atoms with Gasteiger partial charge < -0.3 is 0 Å². The molecule has 0 unspecified atom stereocenters. The Labute approximate surface area is 54.0 Å². The van der Waals surface area contributed by atoms with Gasteiger partial charge in [0.15, 0.2) is 0 Å². The SMILES string of the molecule is [SiH3][SiH]([SiH3])[SiH]([SiH3])[SiH3]. The summed E-state index contributed by atoms with van der Waals surface area (Å²) in [5, 5.41) is 0. The lowest BCUT2D eigenvalue weighted by molar-refractivity contribution is 3.76. The summed E-state index contributed by atoms with van der Waals surface area (Å²) >= 11 is 0. The zero-order valence-electron chi connectivity index (χ0n) is 5.15. The van der Waals surface area contributed by atoms with E-state index in [1.165, 1.54) is 0 Å². The maximum Gasteiger partial charge on any atom is -0.00758 e. The number of rotatable bonds is 1. The van der Waals surface area contributed by atoms with E-state index in [-0.39, 0.29) is 0 Å². The fraction of sp³-hybridized carbons (Fsp3) is 0. The summed E-state index contributed by atoms with van der Waals surface area (Å²) in [7, 11) is 7.33. The molecule has 6 heteroatoms. The largest absolute Gasteiger partial charge is 0.0115 e. The van der Waals surface area contributed by atoms with Crippen LogP contribution in [0.15, 0.2) is 0 Å². The van der Waals surface area contributed by atoms with E-state index in [1.54, 1.807) is 39.0 Å². The molecule has 0 aliphatic rings. The van der Waals surface area contributed by atoms with Gasteiger partial charge in [0.2, 0.25) is 0 Å². The Morgan fingerprint density at radius 2 is 0.833 bits per heavy atom. The van der Waals surface area contributed by atoms with Crippen molar-refractivity contribution in [2.24, 2.45) is 0 Å². The molecule has 0 atom stereocenters. The average Bonchev–Trinajstić information content (AvgIpc) is 1.36. The molecule has 0 fully saturated rings. The molecule has 0 bridgehead atoms. The van der Waals surface area contributed by atoms with E-state index in [4.69, 9.17) is 0 Å². The summed E-state index contributed by atoms with van der Waals surface area (Å²) in [5.41, 5.74) is 0. The summed E-state index contributed by atoms with van der Waals surface area (Å²) in [6, 6.07) is 0. The fourth-order valence-corrected chi connectivity index (χ4v) is 0. The molecule has 0 amide bonds. The lowest BCUT2D eigenvalue weighted by Gasteiger charge is -2.01. The van der Waals surface area contributed by atoms with Gasteiger partial charge in [0.25, 0.3) is 0 Å². The molecule has 0 aromatic carbocycles. The second kappa shape index (κ2) is 3.32. The Kier molecular flexibility index (Phi) is 4.04. The van der Waals surface area contributed by atoms with Crippen LogP contribution in [0.2, 0.25) is 0 Å². The van der Waals surface area contributed by atoms with Crippen LogP contribution in [-0.4, -0.2) is 53.7 Å². The van der Waals surface area contributed by atoms with Crippen molar-refractivity contribution in [3.05, 3.63) is 0 Å². The average molecular weight is 183 g/mol. The first-order valence-corrected chi connectivity index (χ1v) is 23.8. The predicted molar refractivity (Wildman–Crippen MR) is 54.1 cm³/mol. The van der Waals surface area contributed by atoms with Gasteiger partial charge >= 0.3 is 0 Å². The highest BCUT2D eigenvalue weighted by atomic mass is 30.1. The van der Waals surface area contributed by atoms with Crippen LogP contribution in [0.5, 0.6) is 0 Å². The van der Waals surface area contributed by atoms with Crippen molar-refractivity contribution in [1.82, 2.24) is 0 Å². The van der Waals surface area contributed by atoms with Crippen LogP contribution in [0.25, 0.3) is 0 Å². The highest BCUT2D eigenvalue weighted by Crippen LogP contribution is 1.62. The van der Waals surface area contributed by atoms with E-state index in [2.05, 4.69) is 0 Å². The maximum absolute atomic E-state index is 1.69. The van der Waals surface area contributed by atoms with Crippen molar-refractivity contribution in [3.8, 4) is 0 Å². The van der Waals surface area contributed by atoms with Crippen molar-refractivity contribution in [1.29, 1.82) is 0 Å². The molecule has 0 nitrogen and oxygen atoms in total. The van der Waals surface area contributed by atoms with Gasteiger partial charge in [0, 0.05) is 0 Å². The molecule has 0 heterocycles. The van der Waals surface area contributed by atoms with Gasteiger partial charge in [0.05, 0.1) is 0 Å². The van der Waals surface area contributed by atoms with E-state index < -0.39 is 0 Å². The molecule has 0 aromatic rings. The molecule has 0 aromatic heterocycles. The molecule has 0 rings (SSSR count). The second-order valence-corrected chi connectivity index (χ2v) is 67.2. The van der Waals surface area contributed by atoms with E-state index in [9.17, 15) is 0 Å². The molecule has 0 saturated heterocycles. The third-order valence-corrected chi connectivity index (χ3v) is 108. The normalized spacial score (nSPS) is 22.0. The van der Waals surface area contributed by atoms with Crippen LogP contribution >= 0.6 is 0 Å². The highest BCUT2D eigenvalue weighted by molar-refractivity contribution is 7.76. The first kappa shape index (κ1) is 7.30. The van der Waals surface area contributed by atoms with Gasteiger partial charge in [-0.3, -0.25) is 0 Å². The van der Waals surface area contributed by atoms with E-state index in [0.717, 1.165) is 0 Å². The Bertz CT molecular complexity index is 21.0. The number of hydrogen-bond donors (Lipinski definition) is 0. The summed E-state index contributed by atoms with van der Waals surface area (Å²) in [5.74, 6) is 0. The van der Waals surface area contributed by atoms with Crippen LogP contribution in [0.1, 0.15) is 0 Å². The van der Waals surface area contributed by atoms with Crippen LogP contribution in [-0.2, 0) is 0 Å². The van der Waals surface area contributed by atoms with Crippen molar-refractivity contribution in [3.63, 3.8) is 0 Å². The Morgan fingerprint density at radius 3 is 0.833 bits per heavy atom. The molecule has 6 heavy (non-hydrogen) atoms. The monoisotopic (exact) mass is 182 g/mol. The van der Waals surface area contributed by atoms with Gasteiger partial charge in [-0.25, -0.2) is 0 Å². The van der Waals surface area contributed by atoms with E-state index >= 15 is 0 Å². The molecule has 0 spiro atoms. The van der Waals surface area contributed by atoms with Crippen molar-refractivity contribution in [2.45, 2.75) is 0 Å². The third kappa shape index (κ3) is 3.49. The first-order chi connectivity index (χ1) is 2.64. The van der Waals surface area contributed by atoms with Gasteiger partial charge in [-0.15, -0.1) is 0 Å². The minimum Gasteiger partial charge on any atom is -0.0115 e. The third-order valence-electron chi connectivity index (χ3n) is 1.33.